The number of phenols is 2. The summed E-state index contributed by atoms with van der Waals surface area (Å²) in [6.45, 7) is 0. The van der Waals surface area contributed by atoms with Gasteiger partial charge in [-0.1, -0.05) is 48.5 Å². The Morgan fingerprint density at radius 3 is 2.27 bits per heavy atom. The molecule has 130 valence electrons. The number of rotatable bonds is 3. The van der Waals surface area contributed by atoms with Gasteiger partial charge in [0.15, 0.2) is 0 Å². The molecule has 26 heavy (non-hydrogen) atoms. The highest BCUT2D eigenvalue weighted by Gasteiger charge is 2.23. The van der Waals surface area contributed by atoms with Crippen LogP contribution < -0.4 is 4.18 Å². The van der Waals surface area contributed by atoms with E-state index in [0.29, 0.717) is 10.8 Å². The van der Waals surface area contributed by atoms with Gasteiger partial charge in [-0.15, -0.1) is 0 Å². The van der Waals surface area contributed by atoms with Gasteiger partial charge in [-0.3, -0.25) is 0 Å². The van der Waals surface area contributed by atoms with E-state index in [1.54, 1.807) is 48.5 Å². The molecule has 0 amide bonds. The smallest absolute Gasteiger partial charge is 0.342 e. The SMILES string of the molecule is O=S(=O)(Oc1ccc2cccc(O)c2c1)c1ccc2ccccc2c1O. The van der Waals surface area contributed by atoms with Crippen LogP contribution in [0.15, 0.2) is 77.7 Å². The van der Waals surface area contributed by atoms with Gasteiger partial charge in [-0.05, 0) is 35.0 Å². The maximum atomic E-state index is 12.6. The van der Waals surface area contributed by atoms with Crippen molar-refractivity contribution in [2.75, 3.05) is 0 Å². The molecule has 4 rings (SSSR count). The van der Waals surface area contributed by atoms with Gasteiger partial charge in [-0.2, -0.15) is 8.42 Å². The van der Waals surface area contributed by atoms with Crippen molar-refractivity contribution in [3.63, 3.8) is 0 Å². The van der Waals surface area contributed by atoms with Crippen LogP contribution in [0.4, 0.5) is 0 Å². The zero-order valence-corrected chi connectivity index (χ0v) is 14.3. The van der Waals surface area contributed by atoms with Gasteiger partial charge in [0.25, 0.3) is 0 Å². The summed E-state index contributed by atoms with van der Waals surface area (Å²) < 4.78 is 30.5. The van der Waals surface area contributed by atoms with E-state index in [9.17, 15) is 18.6 Å². The highest BCUT2D eigenvalue weighted by Crippen LogP contribution is 2.34. The standard InChI is InChI=1S/C20H14O5S/c21-18-7-3-5-14-8-10-15(12-17(14)18)25-26(23,24)19-11-9-13-4-1-2-6-16(13)20(19)22/h1-12,21-22H. The van der Waals surface area contributed by atoms with Gasteiger partial charge in [-0.25, -0.2) is 0 Å². The van der Waals surface area contributed by atoms with Crippen LogP contribution in [-0.2, 0) is 10.1 Å². The van der Waals surface area contributed by atoms with Crippen LogP contribution in [0.3, 0.4) is 0 Å². The number of phenolic OH excluding ortho intramolecular Hbond substituents is 2. The van der Waals surface area contributed by atoms with E-state index >= 15 is 0 Å². The molecule has 0 fully saturated rings. The third-order valence-corrected chi connectivity index (χ3v) is 5.45. The van der Waals surface area contributed by atoms with E-state index in [1.807, 2.05) is 0 Å². The molecule has 0 aliphatic carbocycles. The van der Waals surface area contributed by atoms with Gasteiger partial charge in [0.05, 0.1) is 0 Å². The average molecular weight is 366 g/mol. The zero-order valence-electron chi connectivity index (χ0n) is 13.5. The Kier molecular flexibility index (Phi) is 3.70. The fourth-order valence-corrected chi connectivity index (χ4v) is 3.92. The Morgan fingerprint density at radius 1 is 0.731 bits per heavy atom. The van der Waals surface area contributed by atoms with E-state index in [2.05, 4.69) is 0 Å². The van der Waals surface area contributed by atoms with Gasteiger partial charge in [0.2, 0.25) is 0 Å². The first-order valence-corrected chi connectivity index (χ1v) is 9.23. The molecule has 0 aromatic heterocycles. The molecule has 0 spiro atoms. The summed E-state index contributed by atoms with van der Waals surface area (Å²) in [5, 5.41) is 22.7. The van der Waals surface area contributed by atoms with Crippen LogP contribution in [0, 0.1) is 0 Å². The lowest BCUT2D eigenvalue weighted by Crippen LogP contribution is -2.10. The number of aromatic hydroxyl groups is 2. The van der Waals surface area contributed by atoms with E-state index in [4.69, 9.17) is 4.18 Å². The largest absolute Gasteiger partial charge is 0.507 e. The number of fused-ring (bicyclic) bond motifs is 2. The predicted molar refractivity (Wildman–Crippen MR) is 99.0 cm³/mol. The summed E-state index contributed by atoms with van der Waals surface area (Å²) in [6.07, 6.45) is 0. The molecule has 0 saturated carbocycles. The predicted octanol–water partition coefficient (Wildman–Crippen LogP) is 4.17. The summed E-state index contributed by atoms with van der Waals surface area (Å²) >= 11 is 0. The van der Waals surface area contributed by atoms with Crippen molar-refractivity contribution in [1.29, 1.82) is 0 Å². The van der Waals surface area contributed by atoms with Gasteiger partial charge < -0.3 is 14.4 Å². The van der Waals surface area contributed by atoms with Crippen molar-refractivity contribution >= 4 is 31.7 Å². The van der Waals surface area contributed by atoms with Crippen molar-refractivity contribution in [3.8, 4) is 17.2 Å². The van der Waals surface area contributed by atoms with Crippen LogP contribution >= 0.6 is 0 Å². The van der Waals surface area contributed by atoms with E-state index < -0.39 is 10.1 Å². The Morgan fingerprint density at radius 2 is 1.42 bits per heavy atom. The Hall–Kier alpha value is -3.25. The summed E-state index contributed by atoms with van der Waals surface area (Å²) in [5.74, 6) is -0.280. The van der Waals surface area contributed by atoms with Crippen molar-refractivity contribution < 1.29 is 22.8 Å². The topological polar surface area (TPSA) is 83.8 Å². The maximum Gasteiger partial charge on any atom is 0.342 e. The minimum Gasteiger partial charge on any atom is -0.507 e. The van der Waals surface area contributed by atoms with E-state index in [-0.39, 0.29) is 22.1 Å². The van der Waals surface area contributed by atoms with Gasteiger partial charge >= 0.3 is 10.1 Å². The van der Waals surface area contributed by atoms with E-state index in [1.165, 1.54) is 24.3 Å². The Balaban J connectivity index is 1.78. The molecule has 0 radical (unpaired) electrons. The molecular formula is C20H14O5S. The first-order valence-electron chi connectivity index (χ1n) is 7.83. The third-order valence-electron chi connectivity index (χ3n) is 4.17. The normalized spacial score (nSPS) is 11.7. The molecule has 0 aliphatic rings. The van der Waals surface area contributed by atoms with Gasteiger partial charge in [0, 0.05) is 10.8 Å². The number of hydrogen-bond donors (Lipinski definition) is 2. The quantitative estimate of drug-likeness (QED) is 0.532. The average Bonchev–Trinajstić information content (AvgIpc) is 2.62. The second kappa shape index (κ2) is 5.93. The minimum atomic E-state index is -4.25. The van der Waals surface area contributed by atoms with E-state index in [0.717, 1.165) is 10.8 Å². The lowest BCUT2D eigenvalue weighted by atomic mass is 10.1. The first kappa shape index (κ1) is 16.2. The second-order valence-electron chi connectivity index (χ2n) is 5.83. The highest BCUT2D eigenvalue weighted by molar-refractivity contribution is 7.87. The van der Waals surface area contributed by atoms with Crippen molar-refractivity contribution in [1.82, 2.24) is 0 Å². The summed E-state index contributed by atoms with van der Waals surface area (Å²) in [4.78, 5) is -0.311. The number of benzene rings is 4. The van der Waals surface area contributed by atoms with Crippen LogP contribution in [0.25, 0.3) is 21.5 Å². The molecule has 0 atom stereocenters. The molecule has 0 saturated heterocycles. The molecule has 0 unspecified atom stereocenters. The molecular weight excluding hydrogens is 352 g/mol. The first-order chi connectivity index (χ1) is 12.5. The van der Waals surface area contributed by atoms with Crippen molar-refractivity contribution in [3.05, 3.63) is 72.8 Å². The third kappa shape index (κ3) is 2.70. The fourth-order valence-electron chi connectivity index (χ4n) is 2.90. The van der Waals surface area contributed by atoms with Crippen molar-refractivity contribution in [2.45, 2.75) is 4.90 Å². The molecule has 5 nitrogen and oxygen atoms in total. The number of hydrogen-bond acceptors (Lipinski definition) is 5. The molecule has 0 aliphatic heterocycles. The zero-order chi connectivity index (χ0) is 18.3. The molecule has 2 N–H and O–H groups in total. The monoisotopic (exact) mass is 366 g/mol. The summed E-state index contributed by atoms with van der Waals surface area (Å²) in [7, 11) is -4.25. The Labute approximate surface area is 149 Å². The lowest BCUT2D eigenvalue weighted by molar-refractivity contribution is 0.449. The second-order valence-corrected chi connectivity index (χ2v) is 7.35. The van der Waals surface area contributed by atoms with Crippen LogP contribution in [0.5, 0.6) is 17.2 Å². The van der Waals surface area contributed by atoms with Crippen LogP contribution in [0.1, 0.15) is 0 Å². The fraction of sp³-hybridized carbons (Fsp3) is 0. The molecule has 4 aromatic rings. The van der Waals surface area contributed by atoms with Gasteiger partial charge in [0.1, 0.15) is 22.1 Å². The van der Waals surface area contributed by atoms with Crippen LogP contribution in [0.2, 0.25) is 0 Å². The summed E-state index contributed by atoms with van der Waals surface area (Å²) in [6, 6.07) is 19.4. The highest BCUT2D eigenvalue weighted by atomic mass is 32.2. The summed E-state index contributed by atoms with van der Waals surface area (Å²) in [5.41, 5.74) is 0. The molecule has 6 heteroatoms. The Bertz CT molecular complexity index is 1250. The lowest BCUT2D eigenvalue weighted by Gasteiger charge is -2.11. The van der Waals surface area contributed by atoms with Crippen LogP contribution in [-0.4, -0.2) is 18.6 Å². The molecule has 0 bridgehead atoms. The molecule has 4 aromatic carbocycles. The molecule has 0 heterocycles. The minimum absolute atomic E-state index is 0.0268. The van der Waals surface area contributed by atoms with Crippen molar-refractivity contribution in [2.24, 2.45) is 0 Å². The maximum absolute atomic E-state index is 12.6.